The maximum Gasteiger partial charge on any atom is 0.224 e. The van der Waals surface area contributed by atoms with Gasteiger partial charge in [0.15, 0.2) is 0 Å². The van der Waals surface area contributed by atoms with Gasteiger partial charge in [-0.2, -0.15) is 0 Å². The second kappa shape index (κ2) is 6.80. The van der Waals surface area contributed by atoms with Crippen molar-refractivity contribution in [3.63, 3.8) is 0 Å². The monoisotopic (exact) mass is 363 g/mol. The van der Waals surface area contributed by atoms with Crippen LogP contribution in [0.1, 0.15) is 29.7 Å². The standard InChI is InChI=1S/C18H25N3O3S/c1-12-13(2)20-17-7-6-14(9-16(12)17)10-19-18(22)15-5-4-8-21(11-15)25(3,23)24/h6-7,9,15,20H,4-5,8,10-11H2,1-3H3,(H,19,22)/t15-/m0/s1. The molecule has 0 bridgehead atoms. The van der Waals surface area contributed by atoms with Crippen LogP contribution in [-0.4, -0.2) is 43.0 Å². The Balaban J connectivity index is 1.65. The molecule has 0 aliphatic carbocycles. The Morgan fingerprint density at radius 3 is 2.84 bits per heavy atom. The third-order valence-corrected chi connectivity index (χ3v) is 6.33. The van der Waals surface area contributed by atoms with E-state index in [1.807, 2.05) is 19.1 Å². The molecule has 7 heteroatoms. The van der Waals surface area contributed by atoms with Crippen molar-refractivity contribution in [2.75, 3.05) is 19.3 Å². The molecule has 2 N–H and O–H groups in total. The van der Waals surface area contributed by atoms with Crippen LogP contribution in [0, 0.1) is 19.8 Å². The SMILES string of the molecule is Cc1[nH]c2ccc(CNC(=O)[C@H]3CCCN(S(C)(=O)=O)C3)cc2c1C. The molecule has 136 valence electrons. The number of sulfonamides is 1. The third-order valence-electron chi connectivity index (χ3n) is 5.06. The molecule has 2 heterocycles. The lowest BCUT2D eigenvalue weighted by Crippen LogP contribution is -2.44. The second-order valence-corrected chi connectivity index (χ2v) is 8.92. The third kappa shape index (κ3) is 3.88. The van der Waals surface area contributed by atoms with Crippen LogP contribution in [0.2, 0.25) is 0 Å². The number of aromatic amines is 1. The van der Waals surface area contributed by atoms with E-state index in [0.29, 0.717) is 13.1 Å². The number of fused-ring (bicyclic) bond motifs is 1. The van der Waals surface area contributed by atoms with Gasteiger partial charge in [0.1, 0.15) is 0 Å². The van der Waals surface area contributed by atoms with Crippen LogP contribution in [0.3, 0.4) is 0 Å². The predicted molar refractivity (Wildman–Crippen MR) is 98.8 cm³/mol. The zero-order valence-electron chi connectivity index (χ0n) is 14.9. The van der Waals surface area contributed by atoms with Crippen LogP contribution in [0.4, 0.5) is 0 Å². The average molecular weight is 363 g/mol. The normalized spacial score (nSPS) is 19.2. The van der Waals surface area contributed by atoms with E-state index in [-0.39, 0.29) is 18.4 Å². The zero-order chi connectivity index (χ0) is 18.2. The smallest absolute Gasteiger partial charge is 0.224 e. The van der Waals surface area contributed by atoms with Crippen LogP contribution in [0.15, 0.2) is 18.2 Å². The summed E-state index contributed by atoms with van der Waals surface area (Å²) < 4.78 is 24.8. The number of benzene rings is 1. The first-order valence-corrected chi connectivity index (χ1v) is 10.4. The van der Waals surface area contributed by atoms with Gasteiger partial charge in [0.25, 0.3) is 0 Å². The molecule has 3 rings (SSSR count). The van der Waals surface area contributed by atoms with Crippen LogP contribution in [-0.2, 0) is 21.4 Å². The Morgan fingerprint density at radius 1 is 1.36 bits per heavy atom. The molecule has 1 amide bonds. The summed E-state index contributed by atoms with van der Waals surface area (Å²) in [5.41, 5.74) is 4.51. The molecular formula is C18H25N3O3S. The number of carbonyl (C=O) groups is 1. The van der Waals surface area contributed by atoms with E-state index in [9.17, 15) is 13.2 Å². The van der Waals surface area contributed by atoms with Gasteiger partial charge in [0.2, 0.25) is 15.9 Å². The molecule has 1 aromatic heterocycles. The zero-order valence-corrected chi connectivity index (χ0v) is 15.7. The van der Waals surface area contributed by atoms with Crippen molar-refractivity contribution in [1.29, 1.82) is 0 Å². The predicted octanol–water partition coefficient (Wildman–Crippen LogP) is 2.07. The number of amides is 1. The molecule has 6 nitrogen and oxygen atoms in total. The lowest BCUT2D eigenvalue weighted by Gasteiger charge is -2.30. The Morgan fingerprint density at radius 2 is 2.12 bits per heavy atom. The first kappa shape index (κ1) is 17.9. The van der Waals surface area contributed by atoms with Crippen molar-refractivity contribution < 1.29 is 13.2 Å². The highest BCUT2D eigenvalue weighted by atomic mass is 32.2. The van der Waals surface area contributed by atoms with Crippen molar-refractivity contribution in [1.82, 2.24) is 14.6 Å². The summed E-state index contributed by atoms with van der Waals surface area (Å²) in [6.07, 6.45) is 2.65. The lowest BCUT2D eigenvalue weighted by atomic mass is 9.98. The number of rotatable bonds is 4. The number of piperidine rings is 1. The molecule has 0 unspecified atom stereocenters. The minimum absolute atomic E-state index is 0.0737. The molecule has 1 saturated heterocycles. The minimum atomic E-state index is -3.24. The fourth-order valence-electron chi connectivity index (χ4n) is 3.41. The molecule has 0 spiro atoms. The van der Waals surface area contributed by atoms with E-state index >= 15 is 0 Å². The molecule has 25 heavy (non-hydrogen) atoms. The topological polar surface area (TPSA) is 82.3 Å². The van der Waals surface area contributed by atoms with E-state index in [2.05, 4.69) is 23.3 Å². The van der Waals surface area contributed by atoms with Gasteiger partial charge in [-0.3, -0.25) is 4.79 Å². The number of aryl methyl sites for hydroxylation is 2. The summed E-state index contributed by atoms with van der Waals surface area (Å²) in [7, 11) is -3.24. The molecule has 1 aliphatic heterocycles. The molecule has 1 aromatic carbocycles. The van der Waals surface area contributed by atoms with E-state index in [1.165, 1.54) is 21.5 Å². The molecule has 1 atom stereocenters. The van der Waals surface area contributed by atoms with Gasteiger partial charge in [-0.15, -0.1) is 0 Å². The van der Waals surface area contributed by atoms with Gasteiger partial charge >= 0.3 is 0 Å². The van der Waals surface area contributed by atoms with Crippen LogP contribution in [0.5, 0.6) is 0 Å². The van der Waals surface area contributed by atoms with Gasteiger partial charge in [0.05, 0.1) is 12.2 Å². The van der Waals surface area contributed by atoms with Crippen LogP contribution < -0.4 is 5.32 Å². The highest BCUT2D eigenvalue weighted by molar-refractivity contribution is 7.88. The first-order chi connectivity index (χ1) is 11.8. The minimum Gasteiger partial charge on any atom is -0.358 e. The van der Waals surface area contributed by atoms with Crippen LogP contribution >= 0.6 is 0 Å². The summed E-state index contributed by atoms with van der Waals surface area (Å²) in [5.74, 6) is -0.348. The Hall–Kier alpha value is -1.86. The maximum absolute atomic E-state index is 12.4. The molecule has 0 radical (unpaired) electrons. The average Bonchev–Trinajstić information content (AvgIpc) is 2.86. The van der Waals surface area contributed by atoms with Crippen molar-refractivity contribution in [2.45, 2.75) is 33.2 Å². The highest BCUT2D eigenvalue weighted by Gasteiger charge is 2.29. The summed E-state index contributed by atoms with van der Waals surface area (Å²) in [4.78, 5) is 15.8. The maximum atomic E-state index is 12.4. The van der Waals surface area contributed by atoms with Gasteiger partial charge in [0, 0.05) is 36.2 Å². The van der Waals surface area contributed by atoms with E-state index in [4.69, 9.17) is 0 Å². The molecule has 1 fully saturated rings. The number of H-pyrrole nitrogens is 1. The van der Waals surface area contributed by atoms with E-state index in [0.717, 1.165) is 29.6 Å². The summed E-state index contributed by atoms with van der Waals surface area (Å²) in [5, 5.41) is 4.13. The van der Waals surface area contributed by atoms with Crippen molar-refractivity contribution in [3.8, 4) is 0 Å². The highest BCUT2D eigenvalue weighted by Crippen LogP contribution is 2.23. The van der Waals surface area contributed by atoms with Crippen molar-refractivity contribution >= 4 is 26.8 Å². The summed E-state index contributed by atoms with van der Waals surface area (Å²) in [6, 6.07) is 6.13. The van der Waals surface area contributed by atoms with Crippen molar-refractivity contribution in [3.05, 3.63) is 35.0 Å². The fraction of sp³-hybridized carbons (Fsp3) is 0.500. The first-order valence-electron chi connectivity index (χ1n) is 8.56. The number of hydrogen-bond donors (Lipinski definition) is 2. The lowest BCUT2D eigenvalue weighted by molar-refractivity contribution is -0.126. The van der Waals surface area contributed by atoms with E-state index in [1.54, 1.807) is 0 Å². The summed E-state index contributed by atoms with van der Waals surface area (Å²) in [6.45, 7) is 5.37. The summed E-state index contributed by atoms with van der Waals surface area (Å²) >= 11 is 0. The number of aromatic nitrogens is 1. The molecule has 2 aromatic rings. The Labute approximate surface area is 148 Å². The quantitative estimate of drug-likeness (QED) is 0.872. The Kier molecular flexibility index (Phi) is 4.88. The largest absolute Gasteiger partial charge is 0.358 e. The van der Waals surface area contributed by atoms with Crippen LogP contribution in [0.25, 0.3) is 10.9 Å². The van der Waals surface area contributed by atoms with Gasteiger partial charge in [-0.1, -0.05) is 6.07 Å². The number of nitrogens with one attached hydrogen (secondary N) is 2. The second-order valence-electron chi connectivity index (χ2n) is 6.93. The molecule has 0 saturated carbocycles. The number of hydrogen-bond acceptors (Lipinski definition) is 3. The number of carbonyl (C=O) groups excluding carboxylic acids is 1. The van der Waals surface area contributed by atoms with Gasteiger partial charge in [-0.05, 0) is 49.9 Å². The van der Waals surface area contributed by atoms with E-state index < -0.39 is 10.0 Å². The number of nitrogens with zero attached hydrogens (tertiary/aromatic N) is 1. The molecule has 1 aliphatic rings. The van der Waals surface area contributed by atoms with Gasteiger partial charge < -0.3 is 10.3 Å². The fourth-order valence-corrected chi connectivity index (χ4v) is 4.32. The molecular weight excluding hydrogens is 338 g/mol. The Bertz CT molecular complexity index is 902. The van der Waals surface area contributed by atoms with Gasteiger partial charge in [-0.25, -0.2) is 12.7 Å². The van der Waals surface area contributed by atoms with Crippen molar-refractivity contribution in [2.24, 2.45) is 5.92 Å².